The van der Waals surface area contributed by atoms with Gasteiger partial charge in [-0.05, 0) is 37.8 Å². The first-order valence-electron chi connectivity index (χ1n) is 9.62. The van der Waals surface area contributed by atoms with Crippen LogP contribution in [-0.2, 0) is 6.54 Å². The third-order valence-corrected chi connectivity index (χ3v) is 5.80. The standard InChI is InChI=1S/C19H29N5O/c25-19(22-16-12-20-21-13-16)24-11-5-9-18(24)17-8-4-10-23(17)14-15-6-2-1-3-7-15/h1-3,6-7,16-18,20-21H,4-5,8-14H2,(H,22,25). The summed E-state index contributed by atoms with van der Waals surface area (Å²) in [5, 5.41) is 3.18. The van der Waals surface area contributed by atoms with Crippen molar-refractivity contribution in [1.82, 2.24) is 26.0 Å². The SMILES string of the molecule is O=C(NC1CNNC1)N1CCCC1C1CCCN1Cc1ccccc1. The van der Waals surface area contributed by atoms with E-state index in [4.69, 9.17) is 0 Å². The number of urea groups is 1. The van der Waals surface area contributed by atoms with E-state index < -0.39 is 0 Å². The second-order valence-corrected chi connectivity index (χ2v) is 7.48. The number of amides is 2. The Morgan fingerprint density at radius 2 is 1.76 bits per heavy atom. The molecule has 0 saturated carbocycles. The minimum absolute atomic E-state index is 0.115. The van der Waals surface area contributed by atoms with Crippen molar-refractivity contribution in [3.63, 3.8) is 0 Å². The van der Waals surface area contributed by atoms with Crippen LogP contribution in [0.25, 0.3) is 0 Å². The molecule has 3 heterocycles. The molecule has 25 heavy (non-hydrogen) atoms. The molecule has 0 aliphatic carbocycles. The molecule has 2 unspecified atom stereocenters. The van der Waals surface area contributed by atoms with Crippen LogP contribution in [0.15, 0.2) is 30.3 Å². The predicted molar refractivity (Wildman–Crippen MR) is 97.9 cm³/mol. The molecule has 0 aromatic heterocycles. The Balaban J connectivity index is 1.40. The van der Waals surface area contributed by atoms with Crippen LogP contribution >= 0.6 is 0 Å². The van der Waals surface area contributed by atoms with E-state index >= 15 is 0 Å². The van der Waals surface area contributed by atoms with Crippen LogP contribution in [0.3, 0.4) is 0 Å². The van der Waals surface area contributed by atoms with E-state index in [1.54, 1.807) is 0 Å². The lowest BCUT2D eigenvalue weighted by molar-refractivity contribution is 0.134. The summed E-state index contributed by atoms with van der Waals surface area (Å²) in [5.74, 6) is 0. The molecule has 6 nitrogen and oxygen atoms in total. The molecule has 6 heteroatoms. The van der Waals surface area contributed by atoms with Crippen molar-refractivity contribution < 1.29 is 4.79 Å². The Labute approximate surface area is 149 Å². The summed E-state index contributed by atoms with van der Waals surface area (Å²) in [5.41, 5.74) is 7.52. The average molecular weight is 343 g/mol. The summed E-state index contributed by atoms with van der Waals surface area (Å²) in [6.07, 6.45) is 4.69. The number of likely N-dealkylation sites (tertiary alicyclic amines) is 2. The molecule has 3 N–H and O–H groups in total. The lowest BCUT2D eigenvalue weighted by Gasteiger charge is -2.35. The van der Waals surface area contributed by atoms with Crippen molar-refractivity contribution in [2.75, 3.05) is 26.2 Å². The molecule has 3 aliphatic rings. The smallest absolute Gasteiger partial charge is 0.318 e. The van der Waals surface area contributed by atoms with Gasteiger partial charge in [0.15, 0.2) is 0 Å². The first-order valence-corrected chi connectivity index (χ1v) is 9.62. The van der Waals surface area contributed by atoms with Gasteiger partial charge in [-0.3, -0.25) is 15.8 Å². The molecule has 3 fully saturated rings. The fourth-order valence-corrected chi connectivity index (χ4v) is 4.57. The summed E-state index contributed by atoms with van der Waals surface area (Å²) in [6, 6.07) is 11.9. The molecular weight excluding hydrogens is 314 g/mol. The molecule has 1 aromatic carbocycles. The maximum Gasteiger partial charge on any atom is 0.318 e. The molecule has 2 atom stereocenters. The monoisotopic (exact) mass is 343 g/mol. The van der Waals surface area contributed by atoms with Crippen molar-refractivity contribution in [2.45, 2.75) is 50.4 Å². The molecule has 1 aromatic rings. The number of nitrogens with one attached hydrogen (secondary N) is 3. The highest BCUT2D eigenvalue weighted by Gasteiger charge is 2.40. The Hall–Kier alpha value is -1.63. The van der Waals surface area contributed by atoms with Crippen molar-refractivity contribution in [2.24, 2.45) is 0 Å². The summed E-state index contributed by atoms with van der Waals surface area (Å²) in [6.45, 7) is 4.62. The lowest BCUT2D eigenvalue weighted by Crippen LogP contribution is -2.53. The van der Waals surface area contributed by atoms with E-state index in [9.17, 15) is 4.79 Å². The third kappa shape index (κ3) is 3.81. The lowest BCUT2D eigenvalue weighted by atomic mass is 10.0. The topological polar surface area (TPSA) is 59.6 Å². The molecule has 3 saturated heterocycles. The zero-order valence-electron chi connectivity index (χ0n) is 14.8. The number of carbonyl (C=O) groups excluding carboxylic acids is 1. The van der Waals surface area contributed by atoms with Gasteiger partial charge in [-0.2, -0.15) is 0 Å². The van der Waals surface area contributed by atoms with Crippen LogP contribution in [0.4, 0.5) is 4.79 Å². The zero-order chi connectivity index (χ0) is 17.1. The van der Waals surface area contributed by atoms with Crippen molar-refractivity contribution in [3.05, 3.63) is 35.9 Å². The van der Waals surface area contributed by atoms with E-state index in [0.29, 0.717) is 12.1 Å². The predicted octanol–water partition coefficient (Wildman–Crippen LogP) is 1.30. The third-order valence-electron chi connectivity index (χ3n) is 5.80. The summed E-state index contributed by atoms with van der Waals surface area (Å²) in [4.78, 5) is 17.5. The number of rotatable bonds is 4. The molecule has 0 bridgehead atoms. The molecule has 4 rings (SSSR count). The number of nitrogens with zero attached hydrogens (tertiary/aromatic N) is 2. The van der Waals surface area contributed by atoms with E-state index in [0.717, 1.165) is 45.6 Å². The van der Waals surface area contributed by atoms with E-state index in [-0.39, 0.29) is 12.1 Å². The number of hydrogen-bond donors (Lipinski definition) is 3. The van der Waals surface area contributed by atoms with Crippen LogP contribution in [0.5, 0.6) is 0 Å². The van der Waals surface area contributed by atoms with Gasteiger partial charge in [0.1, 0.15) is 0 Å². The Morgan fingerprint density at radius 3 is 2.56 bits per heavy atom. The van der Waals surface area contributed by atoms with Gasteiger partial charge in [-0.25, -0.2) is 4.79 Å². The maximum absolute atomic E-state index is 12.8. The second kappa shape index (κ2) is 7.72. The molecular formula is C19H29N5O. The number of carbonyl (C=O) groups is 1. The normalized spacial score (nSPS) is 27.9. The van der Waals surface area contributed by atoms with Crippen molar-refractivity contribution in [1.29, 1.82) is 0 Å². The quantitative estimate of drug-likeness (QED) is 0.771. The molecule has 3 aliphatic heterocycles. The van der Waals surface area contributed by atoms with E-state index in [1.807, 2.05) is 0 Å². The second-order valence-electron chi connectivity index (χ2n) is 7.48. The zero-order valence-corrected chi connectivity index (χ0v) is 14.8. The highest BCUT2D eigenvalue weighted by molar-refractivity contribution is 5.75. The fourth-order valence-electron chi connectivity index (χ4n) is 4.57. The van der Waals surface area contributed by atoms with Crippen LogP contribution < -0.4 is 16.2 Å². The molecule has 0 spiro atoms. The van der Waals surface area contributed by atoms with Gasteiger partial charge in [0, 0.05) is 38.3 Å². The van der Waals surface area contributed by atoms with Crippen LogP contribution in [0.1, 0.15) is 31.2 Å². The summed E-state index contributed by atoms with van der Waals surface area (Å²) < 4.78 is 0. The van der Waals surface area contributed by atoms with Gasteiger partial charge >= 0.3 is 6.03 Å². The van der Waals surface area contributed by atoms with Crippen LogP contribution in [-0.4, -0.2) is 60.1 Å². The number of benzene rings is 1. The van der Waals surface area contributed by atoms with Gasteiger partial charge in [0.05, 0.1) is 6.04 Å². The summed E-state index contributed by atoms with van der Waals surface area (Å²) >= 11 is 0. The average Bonchev–Trinajstić information content (AvgIpc) is 3.36. The van der Waals surface area contributed by atoms with Crippen molar-refractivity contribution >= 4 is 6.03 Å². The first kappa shape index (κ1) is 16.8. The molecule has 2 amide bonds. The largest absolute Gasteiger partial charge is 0.333 e. The van der Waals surface area contributed by atoms with Gasteiger partial charge in [0.25, 0.3) is 0 Å². The van der Waals surface area contributed by atoms with E-state index in [2.05, 4.69) is 56.3 Å². The van der Waals surface area contributed by atoms with Crippen molar-refractivity contribution in [3.8, 4) is 0 Å². The van der Waals surface area contributed by atoms with Crippen LogP contribution in [0.2, 0.25) is 0 Å². The maximum atomic E-state index is 12.8. The fraction of sp³-hybridized carbons (Fsp3) is 0.632. The molecule has 136 valence electrons. The summed E-state index contributed by atoms with van der Waals surface area (Å²) in [7, 11) is 0. The highest BCUT2D eigenvalue weighted by Crippen LogP contribution is 2.31. The van der Waals surface area contributed by atoms with Crippen LogP contribution in [0, 0.1) is 0 Å². The van der Waals surface area contributed by atoms with Gasteiger partial charge in [0.2, 0.25) is 0 Å². The highest BCUT2D eigenvalue weighted by atomic mass is 16.2. The minimum Gasteiger partial charge on any atom is -0.333 e. The first-order chi connectivity index (χ1) is 12.3. The van der Waals surface area contributed by atoms with Gasteiger partial charge < -0.3 is 10.2 Å². The minimum atomic E-state index is 0.115. The Morgan fingerprint density at radius 1 is 1.04 bits per heavy atom. The van der Waals surface area contributed by atoms with E-state index in [1.165, 1.54) is 18.4 Å². The van der Waals surface area contributed by atoms with Gasteiger partial charge in [-0.1, -0.05) is 30.3 Å². The number of hydrogen-bond acceptors (Lipinski definition) is 4. The number of hydrazine groups is 1. The Bertz CT molecular complexity index is 574. The molecule has 0 radical (unpaired) electrons. The Kier molecular flexibility index (Phi) is 5.20. The van der Waals surface area contributed by atoms with Gasteiger partial charge in [-0.15, -0.1) is 0 Å².